The number of carbonyl (C=O) groups excluding carboxylic acids is 1. The quantitative estimate of drug-likeness (QED) is 0.830. The van der Waals surface area contributed by atoms with E-state index < -0.39 is 15.8 Å². The maximum absolute atomic E-state index is 12.9. The average Bonchev–Trinajstić information content (AvgIpc) is 2.56. The van der Waals surface area contributed by atoms with Crippen molar-refractivity contribution in [3.05, 3.63) is 54.6 Å². The van der Waals surface area contributed by atoms with Gasteiger partial charge in [0.05, 0.1) is 16.8 Å². The molecule has 0 aliphatic carbocycles. The fourth-order valence-electron chi connectivity index (χ4n) is 2.03. The largest absolute Gasteiger partial charge is 0.325 e. The van der Waals surface area contributed by atoms with Gasteiger partial charge in [0.15, 0.2) is 0 Å². The summed E-state index contributed by atoms with van der Waals surface area (Å²) in [5.41, 5.74) is 0.592. The number of hydrogen-bond donors (Lipinski definition) is 1. The molecule has 1 amide bonds. The molecule has 0 aliphatic heterocycles. The van der Waals surface area contributed by atoms with E-state index in [0.717, 1.165) is 16.4 Å². The van der Waals surface area contributed by atoms with Crippen molar-refractivity contribution in [1.82, 2.24) is 9.29 Å². The number of benzene rings is 1. The number of amides is 1. The minimum atomic E-state index is -3.69. The zero-order chi connectivity index (χ0) is 17.6. The van der Waals surface area contributed by atoms with Gasteiger partial charge in [0, 0.05) is 26.2 Å². The molecule has 2 aromatic rings. The summed E-state index contributed by atoms with van der Waals surface area (Å²) in [6.07, 6.45) is 3.68. The Morgan fingerprint density at radius 2 is 1.96 bits per heavy atom. The maximum atomic E-state index is 12.9. The summed E-state index contributed by atoms with van der Waals surface area (Å²) in [7, 11) is -2.26. The lowest BCUT2D eigenvalue weighted by molar-refractivity contribution is -0.116. The number of halogens is 1. The molecular formula is C16H18FN3O3S. The van der Waals surface area contributed by atoms with Crippen LogP contribution in [0, 0.1) is 5.82 Å². The molecule has 1 heterocycles. The minimum Gasteiger partial charge on any atom is -0.325 e. The second kappa shape index (κ2) is 7.98. The number of rotatable bonds is 7. The van der Waals surface area contributed by atoms with E-state index in [1.165, 1.54) is 25.4 Å². The van der Waals surface area contributed by atoms with Gasteiger partial charge in [-0.2, -0.15) is 0 Å². The lowest BCUT2D eigenvalue weighted by Crippen LogP contribution is -2.28. The second-order valence-corrected chi connectivity index (χ2v) is 7.22. The molecule has 128 valence electrons. The maximum Gasteiger partial charge on any atom is 0.242 e. The van der Waals surface area contributed by atoms with E-state index in [-0.39, 0.29) is 23.8 Å². The molecule has 0 fully saturated rings. The molecule has 8 heteroatoms. The number of sulfonamides is 1. The van der Waals surface area contributed by atoms with Gasteiger partial charge in [-0.05, 0) is 42.8 Å². The van der Waals surface area contributed by atoms with E-state index >= 15 is 0 Å². The van der Waals surface area contributed by atoms with Crippen LogP contribution in [0.4, 0.5) is 10.1 Å². The summed E-state index contributed by atoms with van der Waals surface area (Å²) in [4.78, 5) is 15.7. The third kappa shape index (κ3) is 4.84. The standard InChI is InChI=1S/C16H18FN3O3S/c1-20(24(22,23)15-8-6-13(17)7-9-15)11-3-5-16(21)19-14-4-2-10-18-12-14/h2,4,6-10,12H,3,5,11H2,1H3,(H,19,21). The monoisotopic (exact) mass is 351 g/mol. The van der Waals surface area contributed by atoms with Crippen LogP contribution in [-0.2, 0) is 14.8 Å². The number of nitrogens with one attached hydrogen (secondary N) is 1. The van der Waals surface area contributed by atoms with Crippen molar-refractivity contribution >= 4 is 21.6 Å². The molecule has 0 aliphatic rings. The second-order valence-electron chi connectivity index (χ2n) is 5.17. The zero-order valence-electron chi connectivity index (χ0n) is 13.1. The highest BCUT2D eigenvalue weighted by Crippen LogP contribution is 2.15. The van der Waals surface area contributed by atoms with Crippen molar-refractivity contribution in [1.29, 1.82) is 0 Å². The number of pyridine rings is 1. The highest BCUT2D eigenvalue weighted by molar-refractivity contribution is 7.89. The van der Waals surface area contributed by atoms with Crippen molar-refractivity contribution in [2.24, 2.45) is 0 Å². The number of hydrogen-bond acceptors (Lipinski definition) is 4. The van der Waals surface area contributed by atoms with Crippen LogP contribution >= 0.6 is 0 Å². The average molecular weight is 351 g/mol. The van der Waals surface area contributed by atoms with E-state index in [4.69, 9.17) is 0 Å². The molecule has 0 bridgehead atoms. The first-order valence-electron chi connectivity index (χ1n) is 7.31. The molecule has 1 aromatic heterocycles. The van der Waals surface area contributed by atoms with Crippen molar-refractivity contribution in [2.75, 3.05) is 18.9 Å². The Morgan fingerprint density at radius 1 is 1.25 bits per heavy atom. The third-order valence-electron chi connectivity index (χ3n) is 3.34. The van der Waals surface area contributed by atoms with Crippen LogP contribution in [0.2, 0.25) is 0 Å². The molecule has 1 N–H and O–H groups in total. The molecule has 0 saturated heterocycles. The number of aromatic nitrogens is 1. The molecule has 1 aromatic carbocycles. The molecule has 0 unspecified atom stereocenters. The van der Waals surface area contributed by atoms with Crippen LogP contribution in [0.1, 0.15) is 12.8 Å². The molecule has 0 radical (unpaired) electrons. The van der Waals surface area contributed by atoms with Gasteiger partial charge in [-0.25, -0.2) is 17.1 Å². The first-order chi connectivity index (χ1) is 11.4. The van der Waals surface area contributed by atoms with Crippen molar-refractivity contribution in [3.8, 4) is 0 Å². The summed E-state index contributed by atoms with van der Waals surface area (Å²) in [5, 5.41) is 2.68. The van der Waals surface area contributed by atoms with Gasteiger partial charge in [-0.1, -0.05) is 0 Å². The van der Waals surface area contributed by atoms with Crippen LogP contribution in [0.3, 0.4) is 0 Å². The van der Waals surface area contributed by atoms with Gasteiger partial charge < -0.3 is 5.32 Å². The predicted octanol–water partition coefficient (Wildman–Crippen LogP) is 2.26. The van der Waals surface area contributed by atoms with E-state index in [2.05, 4.69) is 10.3 Å². The SMILES string of the molecule is CN(CCCC(=O)Nc1cccnc1)S(=O)(=O)c1ccc(F)cc1. The van der Waals surface area contributed by atoms with Gasteiger partial charge >= 0.3 is 0 Å². The van der Waals surface area contributed by atoms with Gasteiger partial charge in [0.25, 0.3) is 0 Å². The highest BCUT2D eigenvalue weighted by Gasteiger charge is 2.20. The normalized spacial score (nSPS) is 11.5. The molecule has 0 atom stereocenters. The predicted molar refractivity (Wildman–Crippen MR) is 88.3 cm³/mol. The highest BCUT2D eigenvalue weighted by atomic mass is 32.2. The Balaban J connectivity index is 1.85. The van der Waals surface area contributed by atoms with Crippen molar-refractivity contribution in [2.45, 2.75) is 17.7 Å². The van der Waals surface area contributed by atoms with Gasteiger partial charge in [-0.15, -0.1) is 0 Å². The van der Waals surface area contributed by atoms with E-state index in [1.807, 2.05) is 0 Å². The first-order valence-corrected chi connectivity index (χ1v) is 8.75. The fraction of sp³-hybridized carbons (Fsp3) is 0.250. The van der Waals surface area contributed by atoms with Crippen LogP contribution in [0.25, 0.3) is 0 Å². The number of carbonyl (C=O) groups is 1. The van der Waals surface area contributed by atoms with Gasteiger partial charge in [0.1, 0.15) is 5.82 Å². The summed E-state index contributed by atoms with van der Waals surface area (Å²) >= 11 is 0. The molecule has 0 saturated carbocycles. The summed E-state index contributed by atoms with van der Waals surface area (Å²) in [6.45, 7) is 0.181. The first kappa shape index (κ1) is 18.0. The van der Waals surface area contributed by atoms with Crippen LogP contribution < -0.4 is 5.32 Å². The van der Waals surface area contributed by atoms with Crippen LogP contribution in [-0.4, -0.2) is 37.2 Å². The number of anilines is 1. The molecule has 0 spiro atoms. The Morgan fingerprint density at radius 3 is 2.58 bits per heavy atom. The third-order valence-corrected chi connectivity index (χ3v) is 5.22. The van der Waals surface area contributed by atoms with Crippen molar-refractivity contribution in [3.63, 3.8) is 0 Å². The van der Waals surface area contributed by atoms with E-state index in [1.54, 1.807) is 18.3 Å². The Hall–Kier alpha value is -2.32. The Bertz CT molecular complexity index is 780. The number of nitrogens with zero attached hydrogens (tertiary/aromatic N) is 2. The summed E-state index contributed by atoms with van der Waals surface area (Å²) in [5.74, 6) is -0.709. The minimum absolute atomic E-state index is 0.0196. The van der Waals surface area contributed by atoms with Crippen LogP contribution in [0.15, 0.2) is 53.7 Å². The smallest absolute Gasteiger partial charge is 0.242 e. The molecular weight excluding hydrogens is 333 g/mol. The summed E-state index contributed by atoms with van der Waals surface area (Å²) < 4.78 is 38.6. The van der Waals surface area contributed by atoms with E-state index in [9.17, 15) is 17.6 Å². The lowest BCUT2D eigenvalue weighted by atomic mass is 10.3. The molecule has 6 nitrogen and oxygen atoms in total. The van der Waals surface area contributed by atoms with Gasteiger partial charge in [-0.3, -0.25) is 9.78 Å². The molecule has 2 rings (SSSR count). The molecule has 24 heavy (non-hydrogen) atoms. The van der Waals surface area contributed by atoms with Gasteiger partial charge in [0.2, 0.25) is 15.9 Å². The van der Waals surface area contributed by atoms with E-state index in [0.29, 0.717) is 12.1 Å². The van der Waals surface area contributed by atoms with Crippen molar-refractivity contribution < 1.29 is 17.6 Å². The Labute approximate surface area is 140 Å². The topological polar surface area (TPSA) is 79.4 Å². The fourth-order valence-corrected chi connectivity index (χ4v) is 3.24. The zero-order valence-corrected chi connectivity index (χ0v) is 14.0. The summed E-state index contributed by atoms with van der Waals surface area (Å²) in [6, 6.07) is 8.06. The Kier molecular flexibility index (Phi) is 5.99. The lowest BCUT2D eigenvalue weighted by Gasteiger charge is -2.17. The van der Waals surface area contributed by atoms with Crippen LogP contribution in [0.5, 0.6) is 0 Å².